The molecule has 1 saturated carbocycles. The second-order valence-corrected chi connectivity index (χ2v) is 6.47. The zero-order chi connectivity index (χ0) is 19.9. The van der Waals surface area contributed by atoms with Crippen LogP contribution in [0.1, 0.15) is 31.2 Å². The van der Waals surface area contributed by atoms with Crippen LogP contribution in [0.5, 0.6) is 6.01 Å². The molecule has 3 rings (SSSR count). The minimum atomic E-state index is -0.513. The molecule has 1 amide bonds. The summed E-state index contributed by atoms with van der Waals surface area (Å²) in [6.45, 7) is 0. The molecule has 1 N–H and O–H groups in total. The monoisotopic (exact) mass is 386 g/mol. The van der Waals surface area contributed by atoms with Crippen molar-refractivity contribution >= 4 is 17.7 Å². The highest BCUT2D eigenvalue weighted by molar-refractivity contribution is 5.91. The van der Waals surface area contributed by atoms with E-state index in [4.69, 9.17) is 4.74 Å². The molecule has 0 unspecified atom stereocenters. The Morgan fingerprint density at radius 2 is 1.82 bits per heavy atom. The van der Waals surface area contributed by atoms with Gasteiger partial charge in [-0.15, -0.1) is 0 Å². The van der Waals surface area contributed by atoms with E-state index in [2.05, 4.69) is 15.3 Å². The van der Waals surface area contributed by atoms with Crippen molar-refractivity contribution in [2.45, 2.75) is 37.8 Å². The second-order valence-electron chi connectivity index (χ2n) is 6.47. The number of carbonyl (C=O) groups is 1. The highest BCUT2D eigenvalue weighted by atomic mass is 19.1. The van der Waals surface area contributed by atoms with Crippen LogP contribution in [0.3, 0.4) is 0 Å². The lowest BCUT2D eigenvalue weighted by atomic mass is 9.93. The van der Waals surface area contributed by atoms with E-state index in [0.29, 0.717) is 5.56 Å². The molecule has 0 bridgehead atoms. The third kappa shape index (κ3) is 5.57. The molecule has 1 fully saturated rings. The van der Waals surface area contributed by atoms with Gasteiger partial charge in [0, 0.05) is 24.3 Å². The lowest BCUT2D eigenvalue weighted by Crippen LogP contribution is -2.39. The van der Waals surface area contributed by atoms with Gasteiger partial charge >= 0.3 is 6.01 Å². The number of hydrogen-bond acceptors (Lipinski definition) is 6. The molecule has 1 aromatic heterocycles. The number of non-ortho nitro benzene ring substituents is 1. The van der Waals surface area contributed by atoms with Crippen molar-refractivity contribution in [3.8, 4) is 6.01 Å². The van der Waals surface area contributed by atoms with E-state index in [9.17, 15) is 19.3 Å². The maximum atomic E-state index is 12.8. The Hall–Kier alpha value is -3.36. The first-order valence-corrected chi connectivity index (χ1v) is 8.87. The smallest absolute Gasteiger partial charge is 0.316 e. The van der Waals surface area contributed by atoms with Crippen molar-refractivity contribution in [1.82, 2.24) is 15.3 Å². The second kappa shape index (κ2) is 9.03. The largest absolute Gasteiger partial charge is 0.460 e. The Labute approximate surface area is 160 Å². The van der Waals surface area contributed by atoms with E-state index in [-0.39, 0.29) is 29.8 Å². The van der Waals surface area contributed by atoms with Crippen LogP contribution in [0.25, 0.3) is 6.08 Å². The summed E-state index contributed by atoms with van der Waals surface area (Å²) in [6, 6.07) is 6.15. The predicted octanol–water partition coefficient (Wildman–Crippen LogP) is 3.04. The summed E-state index contributed by atoms with van der Waals surface area (Å²) in [6.07, 6.45) is 8.06. The van der Waals surface area contributed by atoms with E-state index in [1.807, 2.05) is 0 Å². The summed E-state index contributed by atoms with van der Waals surface area (Å²) >= 11 is 0. The lowest BCUT2D eigenvalue weighted by Gasteiger charge is -2.28. The number of hydrogen-bond donors (Lipinski definition) is 1. The molecule has 0 saturated heterocycles. The number of ether oxygens (including phenoxy) is 1. The van der Waals surface area contributed by atoms with Crippen molar-refractivity contribution in [3.05, 3.63) is 64.2 Å². The van der Waals surface area contributed by atoms with Gasteiger partial charge in [0.2, 0.25) is 5.91 Å². The number of rotatable bonds is 6. The zero-order valence-electron chi connectivity index (χ0n) is 15.0. The molecule has 1 aromatic carbocycles. The molecular formula is C19H19FN4O4. The molecule has 0 spiro atoms. The van der Waals surface area contributed by atoms with Gasteiger partial charge in [-0.3, -0.25) is 14.9 Å². The minimum absolute atomic E-state index is 0.00613. The summed E-state index contributed by atoms with van der Waals surface area (Å²) in [5, 5.41) is 13.6. The van der Waals surface area contributed by atoms with Crippen LogP contribution in [-0.4, -0.2) is 32.9 Å². The summed E-state index contributed by atoms with van der Waals surface area (Å²) in [4.78, 5) is 29.8. The average Bonchev–Trinajstić information content (AvgIpc) is 2.70. The highest BCUT2D eigenvalue weighted by Crippen LogP contribution is 2.22. The van der Waals surface area contributed by atoms with Gasteiger partial charge in [-0.2, -0.15) is 0 Å². The van der Waals surface area contributed by atoms with Gasteiger partial charge in [0.05, 0.1) is 17.3 Å². The Bertz CT molecular complexity index is 847. The molecule has 28 heavy (non-hydrogen) atoms. The van der Waals surface area contributed by atoms with E-state index >= 15 is 0 Å². The summed E-state index contributed by atoms with van der Waals surface area (Å²) in [5.74, 6) is -0.731. The third-order valence-corrected chi connectivity index (χ3v) is 4.42. The topological polar surface area (TPSA) is 107 Å². The van der Waals surface area contributed by atoms with Crippen LogP contribution >= 0.6 is 0 Å². The van der Waals surface area contributed by atoms with E-state index in [0.717, 1.165) is 38.1 Å². The number of nitrogens with one attached hydrogen (secondary N) is 1. The molecule has 1 aliphatic carbocycles. The van der Waals surface area contributed by atoms with Gasteiger partial charge in [0.25, 0.3) is 5.69 Å². The number of nitrogens with zero attached hydrogens (tertiary/aromatic N) is 3. The highest BCUT2D eigenvalue weighted by Gasteiger charge is 2.23. The quantitative estimate of drug-likeness (QED) is 0.464. The molecule has 0 aliphatic heterocycles. The van der Waals surface area contributed by atoms with Crippen LogP contribution in [0, 0.1) is 15.9 Å². The normalized spacial score (nSPS) is 19.3. The molecular weight excluding hydrogens is 367 g/mol. The van der Waals surface area contributed by atoms with Crippen LogP contribution in [0.2, 0.25) is 0 Å². The van der Waals surface area contributed by atoms with Crippen molar-refractivity contribution in [2.75, 3.05) is 0 Å². The van der Waals surface area contributed by atoms with Crippen molar-refractivity contribution in [1.29, 1.82) is 0 Å². The molecule has 2 aromatic rings. The van der Waals surface area contributed by atoms with Gasteiger partial charge in [-0.1, -0.05) is 0 Å². The van der Waals surface area contributed by atoms with E-state index < -0.39 is 10.7 Å². The van der Waals surface area contributed by atoms with Crippen molar-refractivity contribution in [3.63, 3.8) is 0 Å². The number of nitro groups is 1. The zero-order valence-corrected chi connectivity index (χ0v) is 15.0. The Morgan fingerprint density at radius 1 is 1.18 bits per heavy atom. The molecule has 1 heterocycles. The summed E-state index contributed by atoms with van der Waals surface area (Å²) in [5.41, 5.74) is 0.712. The predicted molar refractivity (Wildman–Crippen MR) is 98.9 cm³/mol. The van der Waals surface area contributed by atoms with Crippen LogP contribution in [0.15, 0.2) is 42.7 Å². The molecule has 1 aliphatic rings. The number of carbonyl (C=O) groups excluding carboxylic acids is 1. The maximum absolute atomic E-state index is 12.8. The average molecular weight is 386 g/mol. The lowest BCUT2D eigenvalue weighted by molar-refractivity contribution is -0.384. The first-order valence-electron chi connectivity index (χ1n) is 8.87. The number of halogens is 1. The number of aromatic nitrogens is 2. The third-order valence-electron chi connectivity index (χ3n) is 4.42. The molecule has 0 atom stereocenters. The van der Waals surface area contributed by atoms with Crippen LogP contribution in [-0.2, 0) is 4.79 Å². The standard InChI is InChI=1S/C19H19FN4O4/c20-14-11-21-19(22-12-14)28-17-8-4-15(5-9-17)23-18(25)10-3-13-1-6-16(7-2-13)24(26)27/h1-3,6-7,10-12,15,17H,4-5,8-9H2,(H,23,25)/b10-3+. The van der Waals surface area contributed by atoms with Crippen LogP contribution < -0.4 is 10.1 Å². The van der Waals surface area contributed by atoms with Crippen LogP contribution in [0.4, 0.5) is 10.1 Å². The van der Waals surface area contributed by atoms with Gasteiger partial charge in [0.15, 0.2) is 5.82 Å². The molecule has 0 radical (unpaired) electrons. The van der Waals surface area contributed by atoms with Gasteiger partial charge in [-0.25, -0.2) is 14.4 Å². The fourth-order valence-electron chi connectivity index (χ4n) is 2.96. The SMILES string of the molecule is O=C(/C=C/c1ccc([N+](=O)[O-])cc1)NC1CCC(Oc2ncc(F)cn2)CC1. The maximum Gasteiger partial charge on any atom is 0.316 e. The Morgan fingerprint density at radius 3 is 2.43 bits per heavy atom. The number of amides is 1. The molecule has 8 nitrogen and oxygen atoms in total. The molecule has 9 heteroatoms. The number of benzene rings is 1. The molecule has 146 valence electrons. The first-order chi connectivity index (χ1) is 13.5. The summed E-state index contributed by atoms with van der Waals surface area (Å²) < 4.78 is 18.4. The van der Waals surface area contributed by atoms with Gasteiger partial charge in [0.1, 0.15) is 6.10 Å². The Balaban J connectivity index is 1.43. The first kappa shape index (κ1) is 19.4. The minimum Gasteiger partial charge on any atom is -0.460 e. The fraction of sp³-hybridized carbons (Fsp3) is 0.316. The summed E-state index contributed by atoms with van der Waals surface area (Å²) in [7, 11) is 0. The van der Waals surface area contributed by atoms with Crippen molar-refractivity contribution < 1.29 is 18.8 Å². The van der Waals surface area contributed by atoms with E-state index in [1.165, 1.54) is 18.2 Å². The Kier molecular flexibility index (Phi) is 6.25. The van der Waals surface area contributed by atoms with Gasteiger partial charge < -0.3 is 10.1 Å². The van der Waals surface area contributed by atoms with Gasteiger partial charge in [-0.05, 0) is 49.5 Å². The van der Waals surface area contributed by atoms with E-state index in [1.54, 1.807) is 18.2 Å². The fourth-order valence-corrected chi connectivity index (χ4v) is 2.96. The van der Waals surface area contributed by atoms with Crippen molar-refractivity contribution in [2.24, 2.45) is 0 Å². The number of nitro benzene ring substituents is 1.